The molecule has 0 atom stereocenters. The van der Waals surface area contributed by atoms with Gasteiger partial charge in [-0.15, -0.1) is 0 Å². The van der Waals surface area contributed by atoms with Crippen molar-refractivity contribution in [2.45, 2.75) is 11.4 Å². The number of nitro benzene ring substituents is 1. The Morgan fingerprint density at radius 3 is 2.70 bits per heavy atom. The van der Waals surface area contributed by atoms with Gasteiger partial charge in [-0.1, -0.05) is 6.07 Å². The van der Waals surface area contributed by atoms with Crippen LogP contribution in [0.3, 0.4) is 0 Å². The first-order valence-corrected chi connectivity index (χ1v) is 7.63. The molecular weight excluding hydrogens is 333 g/mol. The Morgan fingerprint density at radius 1 is 1.43 bits per heavy atom. The summed E-state index contributed by atoms with van der Waals surface area (Å²) in [5, 5.41) is 14.5. The monoisotopic (exact) mass is 345 g/mol. The normalized spacial score (nSPS) is 11.4. The van der Waals surface area contributed by atoms with E-state index >= 15 is 0 Å². The lowest BCUT2D eigenvalue weighted by atomic mass is 10.3. The SMILES string of the molecule is CN(C)c1noc(CNS(=O)(=O)c2cccc(F)c2[N+](=O)[O-])n1. The van der Waals surface area contributed by atoms with E-state index in [2.05, 4.69) is 14.9 Å². The molecule has 0 saturated heterocycles. The zero-order valence-corrected chi connectivity index (χ0v) is 12.9. The van der Waals surface area contributed by atoms with Crippen molar-refractivity contribution in [2.24, 2.45) is 0 Å². The molecule has 0 unspecified atom stereocenters. The van der Waals surface area contributed by atoms with Crippen LogP contribution in [0.2, 0.25) is 0 Å². The highest BCUT2D eigenvalue weighted by atomic mass is 32.2. The fourth-order valence-corrected chi connectivity index (χ4v) is 2.78. The molecule has 0 saturated carbocycles. The minimum atomic E-state index is -4.34. The van der Waals surface area contributed by atoms with Gasteiger partial charge in [0.05, 0.1) is 11.5 Å². The van der Waals surface area contributed by atoms with Crippen LogP contribution in [0.15, 0.2) is 27.6 Å². The van der Waals surface area contributed by atoms with E-state index in [1.165, 1.54) is 0 Å². The smallest absolute Gasteiger partial charge is 0.324 e. The number of hydrogen-bond donors (Lipinski definition) is 1. The summed E-state index contributed by atoms with van der Waals surface area (Å²) in [5.74, 6) is -1.06. The highest BCUT2D eigenvalue weighted by molar-refractivity contribution is 7.89. The zero-order chi connectivity index (χ0) is 17.2. The average Bonchev–Trinajstić information content (AvgIpc) is 2.93. The number of nitrogens with one attached hydrogen (secondary N) is 1. The first-order chi connectivity index (χ1) is 10.7. The number of benzene rings is 1. The second-order valence-corrected chi connectivity index (χ2v) is 6.29. The van der Waals surface area contributed by atoms with Crippen LogP contribution in [0, 0.1) is 15.9 Å². The van der Waals surface area contributed by atoms with Gasteiger partial charge >= 0.3 is 5.69 Å². The molecule has 124 valence electrons. The lowest BCUT2D eigenvalue weighted by Gasteiger charge is -2.06. The molecule has 0 radical (unpaired) electrons. The molecule has 1 heterocycles. The first kappa shape index (κ1) is 16.8. The molecule has 0 fully saturated rings. The molecule has 0 amide bonds. The minimum absolute atomic E-state index is 0.0451. The number of nitrogens with zero attached hydrogens (tertiary/aromatic N) is 4. The van der Waals surface area contributed by atoms with Gasteiger partial charge in [0.15, 0.2) is 4.90 Å². The van der Waals surface area contributed by atoms with Gasteiger partial charge in [0.2, 0.25) is 21.7 Å². The van der Waals surface area contributed by atoms with Gasteiger partial charge in [-0.05, 0) is 17.3 Å². The molecular formula is C11H12FN5O5S. The number of anilines is 1. The summed E-state index contributed by atoms with van der Waals surface area (Å²) in [7, 11) is -1.02. The number of para-hydroxylation sites is 1. The number of sulfonamides is 1. The maximum absolute atomic E-state index is 13.5. The van der Waals surface area contributed by atoms with E-state index in [-0.39, 0.29) is 11.8 Å². The molecule has 0 aliphatic rings. The Hall–Kier alpha value is -2.60. The van der Waals surface area contributed by atoms with E-state index in [0.29, 0.717) is 0 Å². The average molecular weight is 345 g/mol. The summed E-state index contributed by atoms with van der Waals surface area (Å²) < 4.78 is 44.7. The van der Waals surface area contributed by atoms with Crippen LogP contribution >= 0.6 is 0 Å². The van der Waals surface area contributed by atoms with E-state index in [1.54, 1.807) is 19.0 Å². The van der Waals surface area contributed by atoms with Crippen LogP contribution in [-0.2, 0) is 16.6 Å². The number of aromatic nitrogens is 2. The van der Waals surface area contributed by atoms with Crippen molar-refractivity contribution in [3.8, 4) is 0 Å². The molecule has 23 heavy (non-hydrogen) atoms. The minimum Gasteiger partial charge on any atom is -0.344 e. The predicted molar refractivity (Wildman–Crippen MR) is 75.7 cm³/mol. The van der Waals surface area contributed by atoms with Crippen molar-refractivity contribution >= 4 is 21.7 Å². The summed E-state index contributed by atoms with van der Waals surface area (Å²) in [4.78, 5) is 14.4. The third-order valence-corrected chi connectivity index (χ3v) is 4.13. The summed E-state index contributed by atoms with van der Waals surface area (Å²) >= 11 is 0. The van der Waals surface area contributed by atoms with Crippen LogP contribution < -0.4 is 9.62 Å². The van der Waals surface area contributed by atoms with Crippen molar-refractivity contribution in [1.82, 2.24) is 14.9 Å². The van der Waals surface area contributed by atoms with Gasteiger partial charge in [0.1, 0.15) is 0 Å². The van der Waals surface area contributed by atoms with Gasteiger partial charge in [-0.25, -0.2) is 13.1 Å². The first-order valence-electron chi connectivity index (χ1n) is 6.15. The molecule has 1 aromatic carbocycles. The number of rotatable bonds is 6. The van der Waals surface area contributed by atoms with E-state index in [9.17, 15) is 22.9 Å². The lowest BCUT2D eigenvalue weighted by Crippen LogP contribution is -2.24. The van der Waals surface area contributed by atoms with Crippen LogP contribution in [0.5, 0.6) is 0 Å². The molecule has 0 aliphatic heterocycles. The Morgan fingerprint density at radius 2 is 2.13 bits per heavy atom. The second kappa shape index (κ2) is 6.26. The van der Waals surface area contributed by atoms with Crippen molar-refractivity contribution in [3.05, 3.63) is 40.0 Å². The van der Waals surface area contributed by atoms with Gasteiger partial charge < -0.3 is 9.42 Å². The molecule has 0 spiro atoms. The van der Waals surface area contributed by atoms with E-state index in [1.807, 2.05) is 0 Å². The fraction of sp³-hybridized carbons (Fsp3) is 0.273. The molecule has 2 aromatic rings. The molecule has 10 nitrogen and oxygen atoms in total. The Balaban J connectivity index is 2.25. The highest BCUT2D eigenvalue weighted by Gasteiger charge is 2.29. The highest BCUT2D eigenvalue weighted by Crippen LogP contribution is 2.26. The maximum atomic E-state index is 13.5. The summed E-state index contributed by atoms with van der Waals surface area (Å²) in [5.41, 5.74) is -1.13. The zero-order valence-electron chi connectivity index (χ0n) is 12.1. The fourth-order valence-electron chi connectivity index (χ4n) is 1.62. The quantitative estimate of drug-likeness (QED) is 0.596. The van der Waals surface area contributed by atoms with E-state index < -0.39 is 37.9 Å². The largest absolute Gasteiger partial charge is 0.344 e. The Bertz CT molecular complexity index is 835. The van der Waals surface area contributed by atoms with Gasteiger partial charge in [-0.2, -0.15) is 9.37 Å². The van der Waals surface area contributed by atoms with E-state index in [4.69, 9.17) is 4.52 Å². The van der Waals surface area contributed by atoms with Crippen LogP contribution in [0.1, 0.15) is 5.89 Å². The lowest BCUT2D eigenvalue weighted by molar-refractivity contribution is -0.390. The summed E-state index contributed by atoms with van der Waals surface area (Å²) in [6.45, 7) is -0.392. The van der Waals surface area contributed by atoms with Gasteiger partial charge in [-0.3, -0.25) is 10.1 Å². The molecule has 0 bridgehead atoms. The molecule has 12 heteroatoms. The number of nitro groups is 1. The topological polar surface area (TPSA) is 131 Å². The molecule has 2 rings (SSSR count). The standard InChI is InChI=1S/C11H12FN5O5S/c1-16(2)11-14-9(22-15-11)6-13-23(20,21)8-5-3-4-7(12)10(8)17(18)19/h3-5,13H,6H2,1-2H3. The Kier molecular flexibility index (Phi) is 4.56. The maximum Gasteiger partial charge on any atom is 0.324 e. The van der Waals surface area contributed by atoms with Gasteiger partial charge in [0, 0.05) is 14.1 Å². The predicted octanol–water partition coefficient (Wildman–Crippen LogP) is 0.661. The summed E-state index contributed by atoms with van der Waals surface area (Å²) in [6.07, 6.45) is 0. The third-order valence-electron chi connectivity index (χ3n) is 2.69. The molecule has 1 aromatic heterocycles. The number of hydrogen-bond acceptors (Lipinski definition) is 8. The summed E-state index contributed by atoms with van der Waals surface area (Å²) in [6, 6.07) is 2.80. The van der Waals surface area contributed by atoms with Crippen LogP contribution in [0.25, 0.3) is 0 Å². The van der Waals surface area contributed by atoms with Crippen molar-refractivity contribution in [3.63, 3.8) is 0 Å². The van der Waals surface area contributed by atoms with Crippen molar-refractivity contribution in [1.29, 1.82) is 0 Å². The van der Waals surface area contributed by atoms with E-state index in [0.717, 1.165) is 18.2 Å². The second-order valence-electron chi connectivity index (χ2n) is 4.55. The number of halogens is 1. The van der Waals surface area contributed by atoms with Crippen LogP contribution in [0.4, 0.5) is 16.0 Å². The van der Waals surface area contributed by atoms with Crippen molar-refractivity contribution in [2.75, 3.05) is 19.0 Å². The Labute approximate surface area is 130 Å². The third kappa shape index (κ3) is 3.60. The van der Waals surface area contributed by atoms with Gasteiger partial charge in [0.25, 0.3) is 5.95 Å². The van der Waals surface area contributed by atoms with Crippen LogP contribution in [-0.4, -0.2) is 37.6 Å². The molecule has 1 N–H and O–H groups in total. The van der Waals surface area contributed by atoms with Crippen molar-refractivity contribution < 1.29 is 22.3 Å². The molecule has 0 aliphatic carbocycles.